The normalized spacial score (nSPS) is 19.9. The molecule has 2 fully saturated rings. The van der Waals surface area contributed by atoms with E-state index in [0.29, 0.717) is 38.8 Å². The van der Waals surface area contributed by atoms with Crippen molar-refractivity contribution in [3.05, 3.63) is 35.4 Å². The van der Waals surface area contributed by atoms with Gasteiger partial charge in [-0.05, 0) is 49.9 Å². The van der Waals surface area contributed by atoms with Gasteiger partial charge in [-0.1, -0.05) is 19.3 Å². The summed E-state index contributed by atoms with van der Waals surface area (Å²) >= 11 is 0. The molecule has 0 unspecified atom stereocenters. The molecule has 1 saturated carbocycles. The highest BCUT2D eigenvalue weighted by Gasteiger charge is 2.41. The smallest absolute Gasteiger partial charge is 0.368 e. The van der Waals surface area contributed by atoms with Gasteiger partial charge >= 0.3 is 6.18 Å². The van der Waals surface area contributed by atoms with E-state index >= 15 is 0 Å². The molecule has 6 nitrogen and oxygen atoms in total. The molecule has 1 aliphatic heterocycles. The van der Waals surface area contributed by atoms with Crippen molar-refractivity contribution >= 4 is 17.7 Å². The maximum absolute atomic E-state index is 12.7. The van der Waals surface area contributed by atoms with Crippen LogP contribution in [0.2, 0.25) is 0 Å². The number of hydrogen-bond acceptors (Lipinski definition) is 3. The van der Waals surface area contributed by atoms with Gasteiger partial charge in [0.1, 0.15) is 5.54 Å². The number of piperidine rings is 1. The van der Waals surface area contributed by atoms with Crippen LogP contribution in [0.4, 0.5) is 13.2 Å². The van der Waals surface area contributed by atoms with E-state index in [4.69, 9.17) is 5.73 Å². The van der Waals surface area contributed by atoms with Crippen LogP contribution < -0.4 is 11.1 Å². The highest BCUT2D eigenvalue weighted by atomic mass is 19.4. The quantitative estimate of drug-likeness (QED) is 0.777. The van der Waals surface area contributed by atoms with Gasteiger partial charge < -0.3 is 16.0 Å². The van der Waals surface area contributed by atoms with E-state index in [-0.39, 0.29) is 23.3 Å². The summed E-state index contributed by atoms with van der Waals surface area (Å²) in [5.74, 6) is -1.42. The number of rotatable bonds is 4. The van der Waals surface area contributed by atoms with Gasteiger partial charge in [-0.25, -0.2) is 0 Å². The molecule has 164 valence electrons. The zero-order valence-electron chi connectivity index (χ0n) is 16.6. The van der Waals surface area contributed by atoms with Gasteiger partial charge in [-0.2, -0.15) is 13.2 Å². The van der Waals surface area contributed by atoms with Gasteiger partial charge in [0.05, 0.1) is 5.56 Å². The Morgan fingerprint density at radius 1 is 1.00 bits per heavy atom. The second-order valence-corrected chi connectivity index (χ2v) is 8.14. The third kappa shape index (κ3) is 4.76. The lowest BCUT2D eigenvalue weighted by Crippen LogP contribution is -2.60. The first kappa shape index (κ1) is 22.1. The van der Waals surface area contributed by atoms with Crippen molar-refractivity contribution in [2.75, 3.05) is 13.1 Å². The molecule has 1 aliphatic carbocycles. The Kier molecular flexibility index (Phi) is 6.38. The second-order valence-electron chi connectivity index (χ2n) is 8.14. The number of halogens is 3. The lowest BCUT2D eigenvalue weighted by Gasteiger charge is -2.38. The maximum atomic E-state index is 12.7. The summed E-state index contributed by atoms with van der Waals surface area (Å²) in [7, 11) is 0. The number of benzene rings is 1. The number of primary amides is 1. The number of alkyl halides is 3. The Morgan fingerprint density at radius 3 is 2.07 bits per heavy atom. The van der Waals surface area contributed by atoms with Crippen LogP contribution in [0.1, 0.15) is 60.9 Å². The molecule has 1 aromatic carbocycles. The molecule has 3 amide bonds. The van der Waals surface area contributed by atoms with Gasteiger partial charge in [0.25, 0.3) is 5.91 Å². The number of carbonyl (C=O) groups is 3. The fourth-order valence-corrected chi connectivity index (χ4v) is 4.26. The first-order chi connectivity index (χ1) is 14.1. The van der Waals surface area contributed by atoms with E-state index in [0.717, 1.165) is 31.4 Å². The van der Waals surface area contributed by atoms with E-state index in [9.17, 15) is 27.6 Å². The molecule has 3 N–H and O–H groups in total. The topological polar surface area (TPSA) is 92.5 Å². The van der Waals surface area contributed by atoms with E-state index < -0.39 is 23.2 Å². The monoisotopic (exact) mass is 425 g/mol. The summed E-state index contributed by atoms with van der Waals surface area (Å²) < 4.78 is 38.0. The standard InChI is InChI=1S/C21H26F3N3O3/c22-21(23,24)16-6-4-15(5-7-16)18(29)27-12-8-14(9-13-27)17(28)26-20(19(25)30)10-2-1-3-11-20/h4-7,14H,1-3,8-13H2,(H2,25,30)(H,26,28). The highest BCUT2D eigenvalue weighted by molar-refractivity contribution is 5.95. The number of nitrogens with one attached hydrogen (secondary N) is 1. The highest BCUT2D eigenvalue weighted by Crippen LogP contribution is 2.31. The lowest BCUT2D eigenvalue weighted by atomic mass is 9.80. The summed E-state index contributed by atoms with van der Waals surface area (Å²) in [6, 6.07) is 4.12. The maximum Gasteiger partial charge on any atom is 0.416 e. The first-order valence-electron chi connectivity index (χ1n) is 10.2. The van der Waals surface area contributed by atoms with Crippen molar-refractivity contribution in [1.29, 1.82) is 0 Å². The van der Waals surface area contributed by atoms with Crippen molar-refractivity contribution < 1.29 is 27.6 Å². The predicted octanol–water partition coefficient (Wildman–Crippen LogP) is 2.86. The molecule has 1 heterocycles. The number of nitrogens with zero attached hydrogens (tertiary/aromatic N) is 1. The zero-order valence-corrected chi connectivity index (χ0v) is 16.6. The van der Waals surface area contributed by atoms with Crippen LogP contribution in [0.15, 0.2) is 24.3 Å². The largest absolute Gasteiger partial charge is 0.416 e. The van der Waals surface area contributed by atoms with Crippen LogP contribution in [-0.4, -0.2) is 41.2 Å². The minimum atomic E-state index is -4.45. The van der Waals surface area contributed by atoms with E-state index in [1.165, 1.54) is 17.0 Å². The number of likely N-dealkylation sites (tertiary alicyclic amines) is 1. The zero-order chi connectivity index (χ0) is 21.9. The number of hydrogen-bond donors (Lipinski definition) is 2. The van der Waals surface area contributed by atoms with Crippen molar-refractivity contribution in [3.8, 4) is 0 Å². The average Bonchev–Trinajstić information content (AvgIpc) is 2.73. The van der Waals surface area contributed by atoms with Crippen molar-refractivity contribution in [1.82, 2.24) is 10.2 Å². The van der Waals surface area contributed by atoms with Crippen LogP contribution in [0.25, 0.3) is 0 Å². The third-order valence-electron chi connectivity index (χ3n) is 6.15. The molecule has 0 aromatic heterocycles. The fourth-order valence-electron chi connectivity index (χ4n) is 4.26. The van der Waals surface area contributed by atoms with Gasteiger partial charge in [0, 0.05) is 24.6 Å². The molecule has 2 aliphatic rings. The molecule has 1 aromatic rings. The predicted molar refractivity (Wildman–Crippen MR) is 103 cm³/mol. The molecular formula is C21H26F3N3O3. The SMILES string of the molecule is NC(=O)C1(NC(=O)C2CCN(C(=O)c3ccc(C(F)(F)F)cc3)CC2)CCCCC1. The lowest BCUT2D eigenvalue weighted by molar-refractivity contribution is -0.137. The van der Waals surface area contributed by atoms with E-state index in [1.807, 2.05) is 0 Å². The molecule has 30 heavy (non-hydrogen) atoms. The Morgan fingerprint density at radius 2 is 1.57 bits per heavy atom. The van der Waals surface area contributed by atoms with Crippen molar-refractivity contribution in [2.45, 2.75) is 56.7 Å². The van der Waals surface area contributed by atoms with E-state index in [2.05, 4.69) is 5.32 Å². The van der Waals surface area contributed by atoms with Crippen LogP contribution >= 0.6 is 0 Å². The minimum absolute atomic E-state index is 0.181. The minimum Gasteiger partial charge on any atom is -0.368 e. The Labute approximate surface area is 173 Å². The van der Waals surface area contributed by atoms with Gasteiger partial charge in [-0.15, -0.1) is 0 Å². The Balaban J connectivity index is 1.57. The summed E-state index contributed by atoms with van der Waals surface area (Å²) in [5.41, 5.74) is 3.96. The van der Waals surface area contributed by atoms with Crippen LogP contribution in [0.5, 0.6) is 0 Å². The summed E-state index contributed by atoms with van der Waals surface area (Å²) in [6.45, 7) is 0.642. The second kappa shape index (κ2) is 8.65. The average molecular weight is 425 g/mol. The summed E-state index contributed by atoms with van der Waals surface area (Å²) in [5, 5.41) is 2.87. The van der Waals surface area contributed by atoms with Crippen molar-refractivity contribution in [2.24, 2.45) is 11.7 Å². The Bertz CT molecular complexity index is 794. The van der Waals surface area contributed by atoms with Crippen LogP contribution in [0, 0.1) is 5.92 Å². The molecule has 3 rings (SSSR count). The van der Waals surface area contributed by atoms with Gasteiger partial charge in [-0.3, -0.25) is 14.4 Å². The van der Waals surface area contributed by atoms with E-state index in [1.54, 1.807) is 0 Å². The number of amides is 3. The van der Waals surface area contributed by atoms with Crippen molar-refractivity contribution in [3.63, 3.8) is 0 Å². The Hall–Kier alpha value is -2.58. The number of nitrogens with two attached hydrogens (primary N) is 1. The van der Waals surface area contributed by atoms with Gasteiger partial charge in [0.15, 0.2) is 0 Å². The third-order valence-corrected chi connectivity index (χ3v) is 6.15. The summed E-state index contributed by atoms with van der Waals surface area (Å²) in [6.07, 6.45) is 0.161. The van der Waals surface area contributed by atoms with Crippen LogP contribution in [0.3, 0.4) is 0 Å². The van der Waals surface area contributed by atoms with Crippen LogP contribution in [-0.2, 0) is 15.8 Å². The van der Waals surface area contributed by atoms with Gasteiger partial charge in [0.2, 0.25) is 11.8 Å². The first-order valence-corrected chi connectivity index (χ1v) is 10.2. The molecule has 9 heteroatoms. The fraction of sp³-hybridized carbons (Fsp3) is 0.571. The molecule has 0 atom stereocenters. The molecular weight excluding hydrogens is 399 g/mol. The summed E-state index contributed by atoms with van der Waals surface area (Å²) in [4.78, 5) is 38.8. The molecule has 1 saturated heterocycles. The molecule has 0 bridgehead atoms. The number of carbonyl (C=O) groups excluding carboxylic acids is 3. The molecule has 0 spiro atoms. The molecule has 0 radical (unpaired) electrons.